The van der Waals surface area contributed by atoms with Crippen LogP contribution < -0.4 is 5.73 Å². The molecule has 0 saturated heterocycles. The second-order valence-corrected chi connectivity index (χ2v) is 4.02. The number of rotatable bonds is 6. The predicted octanol–water partition coefficient (Wildman–Crippen LogP) is 2.05. The average molecular weight is 272 g/mol. The first-order valence-corrected chi connectivity index (χ1v) is 6.13. The predicted molar refractivity (Wildman–Crippen MR) is 68.8 cm³/mol. The number of esters is 1. The van der Waals surface area contributed by atoms with E-state index in [-0.39, 0.29) is 12.3 Å². The molecule has 0 unspecified atom stereocenters. The van der Waals surface area contributed by atoms with E-state index in [2.05, 4.69) is 0 Å². The fourth-order valence-corrected chi connectivity index (χ4v) is 1.60. The molecule has 0 heterocycles. The molecule has 106 valence electrons. The Morgan fingerprint density at radius 3 is 2.47 bits per heavy atom. The fraction of sp³-hybridized carbons (Fsp3) is 0.462. The highest BCUT2D eigenvalue weighted by atomic mass is 19.1. The molecule has 0 atom stereocenters. The minimum atomic E-state index is -0.886. The quantitative estimate of drug-likeness (QED) is 0.636. The summed E-state index contributed by atoms with van der Waals surface area (Å²) in [6, 6.07) is 1.53. The fourth-order valence-electron chi connectivity index (χ4n) is 1.60. The van der Waals surface area contributed by atoms with Gasteiger partial charge in [0.1, 0.15) is 18.2 Å². The molecule has 0 aliphatic carbocycles. The monoisotopic (exact) mass is 272 g/mol. The van der Waals surface area contributed by atoms with Gasteiger partial charge in [-0.15, -0.1) is 0 Å². The van der Waals surface area contributed by atoms with Crippen LogP contribution in [0.2, 0.25) is 0 Å². The number of ether oxygens (including phenoxy) is 1. The lowest BCUT2D eigenvalue weighted by Crippen LogP contribution is -2.28. The third kappa shape index (κ3) is 4.17. The Balaban J connectivity index is 2.61. The van der Waals surface area contributed by atoms with E-state index in [4.69, 9.17) is 10.5 Å². The van der Waals surface area contributed by atoms with Gasteiger partial charge in [0.15, 0.2) is 0 Å². The first-order valence-electron chi connectivity index (χ1n) is 6.13. The number of benzene rings is 1. The van der Waals surface area contributed by atoms with Crippen molar-refractivity contribution in [1.29, 1.82) is 0 Å². The molecular formula is C13H18F2N2O2. The minimum absolute atomic E-state index is 0.131. The topological polar surface area (TPSA) is 55.6 Å². The molecule has 1 rings (SSSR count). The van der Waals surface area contributed by atoms with Crippen LogP contribution in [0.3, 0.4) is 0 Å². The lowest BCUT2D eigenvalue weighted by molar-refractivity contribution is 0.0460. The molecule has 0 spiro atoms. The largest absolute Gasteiger partial charge is 0.461 e. The molecule has 19 heavy (non-hydrogen) atoms. The Morgan fingerprint density at radius 1 is 1.26 bits per heavy atom. The van der Waals surface area contributed by atoms with Gasteiger partial charge < -0.3 is 15.4 Å². The summed E-state index contributed by atoms with van der Waals surface area (Å²) in [5.74, 6) is -2.60. The van der Waals surface area contributed by atoms with Crippen LogP contribution in [0.1, 0.15) is 24.2 Å². The van der Waals surface area contributed by atoms with E-state index >= 15 is 0 Å². The Hall–Kier alpha value is -1.69. The van der Waals surface area contributed by atoms with Crippen LogP contribution in [0.25, 0.3) is 0 Å². The zero-order valence-corrected chi connectivity index (χ0v) is 11.1. The Bertz CT molecular complexity index is 449. The van der Waals surface area contributed by atoms with Gasteiger partial charge >= 0.3 is 5.97 Å². The van der Waals surface area contributed by atoms with Crippen molar-refractivity contribution in [3.63, 3.8) is 0 Å². The second-order valence-electron chi connectivity index (χ2n) is 4.02. The maximum Gasteiger partial charge on any atom is 0.341 e. The lowest BCUT2D eigenvalue weighted by Gasteiger charge is -2.17. The molecule has 0 bridgehead atoms. The zero-order chi connectivity index (χ0) is 14.4. The highest BCUT2D eigenvalue weighted by Crippen LogP contribution is 2.17. The molecule has 1 aromatic carbocycles. The van der Waals surface area contributed by atoms with E-state index < -0.39 is 23.2 Å². The van der Waals surface area contributed by atoms with Gasteiger partial charge in [-0.25, -0.2) is 13.6 Å². The van der Waals surface area contributed by atoms with Crippen LogP contribution >= 0.6 is 0 Å². The summed E-state index contributed by atoms with van der Waals surface area (Å²) < 4.78 is 31.5. The van der Waals surface area contributed by atoms with E-state index in [1.165, 1.54) is 0 Å². The number of likely N-dealkylation sites (N-methyl/N-ethyl adjacent to an activating group) is 1. The molecular weight excluding hydrogens is 254 g/mol. The molecule has 0 aliphatic heterocycles. The first-order chi connectivity index (χ1) is 8.99. The molecule has 0 fully saturated rings. The number of hydrogen-bond donors (Lipinski definition) is 1. The van der Waals surface area contributed by atoms with Crippen LogP contribution in [0.15, 0.2) is 12.1 Å². The third-order valence-electron chi connectivity index (χ3n) is 2.84. The molecule has 0 aromatic heterocycles. The smallest absolute Gasteiger partial charge is 0.341 e. The molecule has 2 N–H and O–H groups in total. The van der Waals surface area contributed by atoms with Gasteiger partial charge in [0, 0.05) is 12.6 Å². The third-order valence-corrected chi connectivity index (χ3v) is 2.84. The van der Waals surface area contributed by atoms with Crippen LogP contribution in [0.5, 0.6) is 0 Å². The summed E-state index contributed by atoms with van der Waals surface area (Å²) in [5.41, 5.74) is 4.42. The molecule has 0 radical (unpaired) electrons. The van der Waals surface area contributed by atoms with Crippen molar-refractivity contribution in [2.75, 3.05) is 32.0 Å². The van der Waals surface area contributed by atoms with Crippen molar-refractivity contribution < 1.29 is 18.3 Å². The molecule has 0 saturated carbocycles. The normalized spacial score (nSPS) is 10.8. The molecule has 4 nitrogen and oxygen atoms in total. The van der Waals surface area contributed by atoms with E-state index in [1.807, 2.05) is 18.7 Å². The van der Waals surface area contributed by atoms with Crippen LogP contribution in [-0.2, 0) is 4.74 Å². The highest BCUT2D eigenvalue weighted by Gasteiger charge is 2.16. The van der Waals surface area contributed by atoms with Crippen molar-refractivity contribution in [3.8, 4) is 0 Å². The second kappa shape index (κ2) is 7.04. The van der Waals surface area contributed by atoms with Gasteiger partial charge in [0.05, 0.1) is 11.3 Å². The maximum atomic E-state index is 13.4. The molecule has 1 aromatic rings. The van der Waals surface area contributed by atoms with E-state index in [0.717, 1.165) is 25.2 Å². The van der Waals surface area contributed by atoms with Gasteiger partial charge in [0.25, 0.3) is 0 Å². The maximum absolute atomic E-state index is 13.4. The highest BCUT2D eigenvalue weighted by molar-refractivity contribution is 5.90. The molecule has 0 aliphatic rings. The molecule has 0 amide bonds. The number of carbonyl (C=O) groups excluding carboxylic acids is 1. The Labute approximate surface area is 111 Å². The van der Waals surface area contributed by atoms with Crippen molar-refractivity contribution in [3.05, 3.63) is 29.3 Å². The van der Waals surface area contributed by atoms with Crippen molar-refractivity contribution >= 4 is 11.7 Å². The SMILES string of the molecule is CCN(CC)CCOC(=O)c1cc(F)c(N)cc1F. The number of anilines is 1. The lowest BCUT2D eigenvalue weighted by atomic mass is 10.2. The van der Waals surface area contributed by atoms with Crippen molar-refractivity contribution in [1.82, 2.24) is 4.90 Å². The number of nitrogen functional groups attached to an aromatic ring is 1. The minimum Gasteiger partial charge on any atom is -0.461 e. The van der Waals surface area contributed by atoms with E-state index in [9.17, 15) is 13.6 Å². The van der Waals surface area contributed by atoms with Gasteiger partial charge in [0.2, 0.25) is 0 Å². The van der Waals surface area contributed by atoms with Crippen LogP contribution in [0.4, 0.5) is 14.5 Å². The number of carbonyl (C=O) groups is 1. The number of nitrogens with zero attached hydrogens (tertiary/aromatic N) is 1. The van der Waals surface area contributed by atoms with Crippen LogP contribution in [-0.4, -0.2) is 37.1 Å². The summed E-state index contributed by atoms with van der Waals surface area (Å²) in [6.07, 6.45) is 0. The van der Waals surface area contributed by atoms with Gasteiger partial charge in [-0.2, -0.15) is 0 Å². The van der Waals surface area contributed by atoms with Gasteiger partial charge in [-0.3, -0.25) is 0 Å². The standard InChI is InChI=1S/C13H18F2N2O2/c1-3-17(4-2)5-6-19-13(18)9-7-11(15)12(16)8-10(9)14/h7-8H,3-6,16H2,1-2H3. The zero-order valence-electron chi connectivity index (χ0n) is 11.1. The first kappa shape index (κ1) is 15.4. The van der Waals surface area contributed by atoms with Crippen molar-refractivity contribution in [2.24, 2.45) is 0 Å². The number of hydrogen-bond acceptors (Lipinski definition) is 4. The average Bonchev–Trinajstić information content (AvgIpc) is 2.38. The Morgan fingerprint density at radius 2 is 1.89 bits per heavy atom. The summed E-state index contributed by atoms with van der Waals surface area (Å²) >= 11 is 0. The number of nitrogens with two attached hydrogens (primary N) is 1. The summed E-state index contributed by atoms with van der Waals surface area (Å²) in [4.78, 5) is 13.6. The molecule has 6 heteroatoms. The summed E-state index contributed by atoms with van der Waals surface area (Å²) in [6.45, 7) is 6.32. The van der Waals surface area contributed by atoms with Crippen molar-refractivity contribution in [2.45, 2.75) is 13.8 Å². The van der Waals surface area contributed by atoms with Gasteiger partial charge in [-0.1, -0.05) is 13.8 Å². The Kier molecular flexibility index (Phi) is 5.69. The number of halogens is 2. The summed E-state index contributed by atoms with van der Waals surface area (Å²) in [5, 5.41) is 0. The van der Waals surface area contributed by atoms with Gasteiger partial charge in [-0.05, 0) is 19.2 Å². The van der Waals surface area contributed by atoms with E-state index in [0.29, 0.717) is 6.54 Å². The van der Waals surface area contributed by atoms with Crippen LogP contribution in [0, 0.1) is 11.6 Å². The summed E-state index contributed by atoms with van der Waals surface area (Å²) in [7, 11) is 0. The van der Waals surface area contributed by atoms with E-state index in [1.54, 1.807) is 0 Å².